The van der Waals surface area contributed by atoms with Crippen molar-refractivity contribution in [2.45, 2.75) is 111 Å². The summed E-state index contributed by atoms with van der Waals surface area (Å²) in [6.45, 7) is -0.988. The Morgan fingerprint density at radius 2 is 1.69 bits per heavy atom. The van der Waals surface area contributed by atoms with E-state index in [4.69, 9.17) is 9.47 Å². The predicted octanol–water partition coefficient (Wildman–Crippen LogP) is 4.22. The first-order valence-corrected chi connectivity index (χ1v) is 17.3. The summed E-state index contributed by atoms with van der Waals surface area (Å²) in [6, 6.07) is 0.397. The molecule has 0 bridgehead atoms. The number of piperidine rings is 1. The summed E-state index contributed by atoms with van der Waals surface area (Å²) in [5.74, 6) is -7.87. The molecule has 2 saturated heterocycles. The second kappa shape index (κ2) is 13.7. The molecule has 6 rings (SSSR count). The Labute approximate surface area is 279 Å². The van der Waals surface area contributed by atoms with E-state index in [-0.39, 0.29) is 29.8 Å². The number of halogens is 5. The molecule has 0 radical (unpaired) electrons. The molecule has 1 aromatic carbocycles. The Morgan fingerprint density at radius 3 is 2.27 bits per heavy atom. The molecule has 2 aliphatic heterocycles. The van der Waals surface area contributed by atoms with Crippen LogP contribution in [0.15, 0.2) is 18.3 Å². The number of hydrogen-bond donors (Lipinski definition) is 3. The van der Waals surface area contributed by atoms with Crippen LogP contribution < -0.4 is 0 Å². The summed E-state index contributed by atoms with van der Waals surface area (Å²) in [6.07, 6.45) is 3.03. The Balaban J connectivity index is 1.30. The molecule has 2 aromatic rings. The molecule has 3 N–H and O–H groups in total. The number of carbonyl (C=O) groups excluding carboxylic acids is 1. The van der Waals surface area contributed by atoms with E-state index < -0.39 is 89.4 Å². The van der Waals surface area contributed by atoms with E-state index in [0.717, 1.165) is 62.4 Å². The van der Waals surface area contributed by atoms with Gasteiger partial charge in [-0.3, -0.25) is 4.79 Å². The first kappa shape index (κ1) is 35.5. The van der Waals surface area contributed by atoms with Gasteiger partial charge < -0.3 is 29.7 Å². The highest BCUT2D eigenvalue weighted by molar-refractivity contribution is 8.01. The average Bonchev–Trinajstić information content (AvgIpc) is 3.74. The Kier molecular flexibility index (Phi) is 10.2. The van der Waals surface area contributed by atoms with E-state index in [1.54, 1.807) is 0 Å². The van der Waals surface area contributed by atoms with Gasteiger partial charge in [-0.1, -0.05) is 18.1 Å². The second-order valence-corrected chi connectivity index (χ2v) is 15.0. The number of amides is 1. The van der Waals surface area contributed by atoms with E-state index in [9.17, 15) is 42.1 Å². The molecular weight excluding hydrogens is 663 g/mol. The molecule has 2 saturated carbocycles. The summed E-state index contributed by atoms with van der Waals surface area (Å²) in [5, 5.41) is 40.5. The van der Waals surface area contributed by atoms with Gasteiger partial charge in [-0.2, -0.15) is 0 Å². The van der Waals surface area contributed by atoms with E-state index >= 15 is 0 Å². The van der Waals surface area contributed by atoms with Gasteiger partial charge >= 0.3 is 0 Å². The lowest BCUT2D eigenvalue weighted by Crippen LogP contribution is -2.59. The molecule has 4 aliphatic rings. The van der Waals surface area contributed by atoms with Gasteiger partial charge in [-0.25, -0.2) is 26.6 Å². The maximum atomic E-state index is 14.2. The summed E-state index contributed by atoms with van der Waals surface area (Å²) in [4.78, 5) is 15.6. The van der Waals surface area contributed by atoms with E-state index in [1.165, 1.54) is 22.9 Å². The van der Waals surface area contributed by atoms with Crippen molar-refractivity contribution in [2.75, 3.05) is 26.8 Å². The van der Waals surface area contributed by atoms with Crippen LogP contribution in [0.1, 0.15) is 70.3 Å². The van der Waals surface area contributed by atoms with Crippen LogP contribution in [0.25, 0.3) is 11.3 Å². The zero-order chi connectivity index (χ0) is 34.4. The van der Waals surface area contributed by atoms with Gasteiger partial charge in [0.15, 0.2) is 17.5 Å². The predicted molar refractivity (Wildman–Crippen MR) is 163 cm³/mol. The maximum absolute atomic E-state index is 14.2. The molecule has 1 aromatic heterocycles. The van der Waals surface area contributed by atoms with Crippen molar-refractivity contribution < 1.29 is 51.5 Å². The van der Waals surface area contributed by atoms with Crippen molar-refractivity contribution in [2.24, 2.45) is 5.41 Å². The number of aliphatic hydroxyl groups excluding tert-OH is 2. The number of benzene rings is 1. The number of aliphatic hydroxyl groups is 3. The summed E-state index contributed by atoms with van der Waals surface area (Å²) in [5.41, 5.74) is -2.62. The highest BCUT2D eigenvalue weighted by atomic mass is 32.2. The van der Waals surface area contributed by atoms with Crippen LogP contribution >= 0.6 is 11.8 Å². The SMILES string of the molecule is CO[C@@H]1[C@@H](n2cc(-c3cc(F)c(F)c(F)c3)nn2)[C@@H](O)[C@@H](CO)O[C@H]1SC(C(=O)N1CCC(F)(F)CC1)C1(O)CCC2(CCCC2)CC1. The quantitative estimate of drug-likeness (QED) is 0.273. The van der Waals surface area contributed by atoms with Crippen molar-refractivity contribution in [3.8, 4) is 11.3 Å². The fourth-order valence-corrected chi connectivity index (χ4v) is 9.51. The van der Waals surface area contributed by atoms with Crippen molar-refractivity contribution in [3.05, 3.63) is 35.8 Å². The number of hydrogen-bond acceptors (Lipinski definition) is 9. The third kappa shape index (κ3) is 6.84. The minimum absolute atomic E-state index is 0.0431. The fraction of sp³-hybridized carbons (Fsp3) is 0.719. The topological polar surface area (TPSA) is 130 Å². The van der Waals surface area contributed by atoms with Gasteiger partial charge in [0.05, 0.1) is 18.4 Å². The number of carbonyl (C=O) groups is 1. The van der Waals surface area contributed by atoms with Crippen molar-refractivity contribution in [1.82, 2.24) is 19.9 Å². The molecule has 1 spiro atoms. The minimum atomic E-state index is -2.89. The standard InChI is InChI=1S/C32H41F5N4O6S/c1-46-26-24(41-16-21(38-39-41)18-14-19(33)23(35)20(34)15-18)25(43)22(17-42)47-29(26)48-27(28(44)40-12-10-32(36,37)11-13-40)31(45)8-6-30(7-9-31)4-2-3-5-30/h14-16,22,24-27,29,42-43,45H,2-13,17H2,1H3/t22-,24+,25+,26-,27?,29+/m1/s1. The Bertz CT molecular complexity index is 1440. The number of rotatable bonds is 8. The van der Waals surface area contributed by atoms with E-state index in [1.807, 2.05) is 0 Å². The number of likely N-dealkylation sites (tertiary alicyclic amines) is 1. The number of ether oxygens (including phenoxy) is 2. The van der Waals surface area contributed by atoms with Crippen LogP contribution in [-0.4, -0.2) is 108 Å². The van der Waals surface area contributed by atoms with Crippen LogP contribution in [0.3, 0.4) is 0 Å². The fourth-order valence-electron chi connectivity index (χ4n) is 7.85. The molecule has 4 fully saturated rings. The number of thioether (sulfide) groups is 1. The Hall–Kier alpha value is -2.37. The average molecular weight is 705 g/mol. The van der Waals surface area contributed by atoms with Gasteiger partial charge in [0, 0.05) is 38.6 Å². The minimum Gasteiger partial charge on any atom is -0.394 e. The molecule has 3 heterocycles. The third-order valence-corrected chi connectivity index (χ3v) is 12.4. The molecule has 1 amide bonds. The smallest absolute Gasteiger partial charge is 0.251 e. The molecule has 48 heavy (non-hydrogen) atoms. The molecule has 266 valence electrons. The molecular formula is C32H41F5N4O6S. The molecule has 16 heteroatoms. The summed E-state index contributed by atoms with van der Waals surface area (Å²) in [7, 11) is 1.34. The van der Waals surface area contributed by atoms with Gasteiger partial charge in [-0.15, -0.1) is 16.9 Å². The van der Waals surface area contributed by atoms with Crippen LogP contribution in [0.2, 0.25) is 0 Å². The molecule has 2 aliphatic carbocycles. The highest BCUT2D eigenvalue weighted by Gasteiger charge is 2.55. The number of methoxy groups -OCH3 is 1. The van der Waals surface area contributed by atoms with Crippen molar-refractivity contribution in [3.63, 3.8) is 0 Å². The first-order chi connectivity index (χ1) is 22.8. The largest absolute Gasteiger partial charge is 0.394 e. The maximum Gasteiger partial charge on any atom is 0.251 e. The van der Waals surface area contributed by atoms with Crippen LogP contribution in [-0.2, 0) is 14.3 Å². The van der Waals surface area contributed by atoms with Crippen LogP contribution in [0.4, 0.5) is 22.0 Å². The Morgan fingerprint density at radius 1 is 1.06 bits per heavy atom. The van der Waals surface area contributed by atoms with Crippen LogP contribution in [0, 0.1) is 22.9 Å². The highest BCUT2D eigenvalue weighted by Crippen LogP contribution is 2.54. The number of alkyl halides is 2. The molecule has 1 unspecified atom stereocenters. The third-order valence-electron chi connectivity index (χ3n) is 10.8. The number of aromatic nitrogens is 3. The lowest BCUT2D eigenvalue weighted by molar-refractivity contribution is -0.186. The van der Waals surface area contributed by atoms with Gasteiger partial charge in [0.1, 0.15) is 40.7 Å². The zero-order valence-electron chi connectivity index (χ0n) is 26.5. The second-order valence-electron chi connectivity index (χ2n) is 13.8. The lowest BCUT2D eigenvalue weighted by atomic mass is 9.66. The number of nitrogens with zero attached hydrogens (tertiary/aromatic N) is 4. The summed E-state index contributed by atoms with van der Waals surface area (Å²) >= 11 is 0.964. The lowest BCUT2D eigenvalue weighted by Gasteiger charge is -2.49. The molecule has 6 atom stereocenters. The normalized spacial score (nSPS) is 30.4. The molecule has 10 nitrogen and oxygen atoms in total. The van der Waals surface area contributed by atoms with Gasteiger partial charge in [0.2, 0.25) is 5.91 Å². The van der Waals surface area contributed by atoms with Gasteiger partial charge in [0.25, 0.3) is 5.92 Å². The monoisotopic (exact) mass is 704 g/mol. The van der Waals surface area contributed by atoms with E-state index in [0.29, 0.717) is 12.8 Å². The van der Waals surface area contributed by atoms with Gasteiger partial charge in [-0.05, 0) is 56.1 Å². The summed E-state index contributed by atoms with van der Waals surface area (Å²) < 4.78 is 82.8. The van der Waals surface area contributed by atoms with Crippen molar-refractivity contribution in [1.29, 1.82) is 0 Å². The van der Waals surface area contributed by atoms with Crippen LogP contribution in [0.5, 0.6) is 0 Å². The first-order valence-electron chi connectivity index (χ1n) is 16.4. The van der Waals surface area contributed by atoms with E-state index in [2.05, 4.69) is 10.3 Å². The van der Waals surface area contributed by atoms with Crippen molar-refractivity contribution >= 4 is 17.7 Å². The zero-order valence-corrected chi connectivity index (χ0v) is 27.4.